The van der Waals surface area contributed by atoms with Crippen LogP contribution in [0.15, 0.2) is 65.3 Å². The Balaban J connectivity index is 1.54. The summed E-state index contributed by atoms with van der Waals surface area (Å²) in [7, 11) is 0. The lowest BCUT2D eigenvalue weighted by Gasteiger charge is -2.31. The maximum atomic E-state index is 13.5. The number of ether oxygens (including phenoxy) is 1. The third-order valence-corrected chi connectivity index (χ3v) is 6.53. The first kappa shape index (κ1) is 21.6. The zero-order chi connectivity index (χ0) is 22.9. The number of rotatable bonds is 7. The van der Waals surface area contributed by atoms with Crippen molar-refractivity contribution in [2.75, 3.05) is 6.61 Å². The number of amides is 1. The summed E-state index contributed by atoms with van der Waals surface area (Å²) >= 11 is 0. The molecule has 3 aromatic rings. The van der Waals surface area contributed by atoms with E-state index < -0.39 is 6.04 Å². The fourth-order valence-electron chi connectivity index (χ4n) is 5.02. The molecule has 2 aromatic carbocycles. The molecule has 1 amide bonds. The van der Waals surface area contributed by atoms with E-state index in [-0.39, 0.29) is 29.7 Å². The molecule has 5 rings (SSSR count). The van der Waals surface area contributed by atoms with Crippen LogP contribution in [0.25, 0.3) is 0 Å². The molecule has 7 nitrogen and oxygen atoms in total. The van der Waals surface area contributed by atoms with Gasteiger partial charge in [-0.15, -0.1) is 0 Å². The Morgan fingerprint density at radius 2 is 1.88 bits per heavy atom. The quantitative estimate of drug-likeness (QED) is 0.508. The average Bonchev–Trinajstić information content (AvgIpc) is 3.54. The number of hydrazine groups is 1. The molecule has 7 heteroatoms. The van der Waals surface area contributed by atoms with Gasteiger partial charge >= 0.3 is 0 Å². The molecule has 4 unspecified atom stereocenters. The predicted molar refractivity (Wildman–Crippen MR) is 123 cm³/mol. The number of hydrogen-bond donors (Lipinski definition) is 3. The van der Waals surface area contributed by atoms with E-state index in [0.717, 1.165) is 34.6 Å². The van der Waals surface area contributed by atoms with E-state index >= 15 is 0 Å². The number of carbonyl (C=O) groups excluding carboxylic acids is 1. The van der Waals surface area contributed by atoms with Gasteiger partial charge in [-0.1, -0.05) is 36.8 Å². The molecule has 4 atom stereocenters. The first-order valence-corrected chi connectivity index (χ1v) is 11.4. The summed E-state index contributed by atoms with van der Waals surface area (Å²) in [6, 6.07) is 16.4. The monoisotopic (exact) mass is 447 g/mol. The number of fused-ring (bicyclic) bond motifs is 1. The van der Waals surface area contributed by atoms with Crippen molar-refractivity contribution in [3.63, 3.8) is 0 Å². The van der Waals surface area contributed by atoms with Crippen LogP contribution in [0.2, 0.25) is 0 Å². The molecule has 0 saturated carbocycles. The van der Waals surface area contributed by atoms with Crippen LogP contribution >= 0.6 is 0 Å². The van der Waals surface area contributed by atoms with E-state index in [0.29, 0.717) is 13.2 Å². The Morgan fingerprint density at radius 1 is 1.09 bits per heavy atom. The van der Waals surface area contributed by atoms with Gasteiger partial charge in [-0.05, 0) is 49.2 Å². The summed E-state index contributed by atoms with van der Waals surface area (Å²) < 4.78 is 11.3. The minimum atomic E-state index is -0.411. The topological polar surface area (TPSA) is 87.0 Å². The lowest BCUT2D eigenvalue weighted by molar-refractivity contribution is -0.131. The lowest BCUT2D eigenvalue weighted by atomic mass is 9.83. The Kier molecular flexibility index (Phi) is 5.83. The Bertz CT molecular complexity index is 1110. The second-order valence-electron chi connectivity index (χ2n) is 8.79. The summed E-state index contributed by atoms with van der Waals surface area (Å²) in [5, 5.41) is 10.6. The zero-order valence-electron chi connectivity index (χ0n) is 18.8. The van der Waals surface area contributed by atoms with E-state index in [4.69, 9.17) is 9.15 Å². The van der Waals surface area contributed by atoms with Crippen molar-refractivity contribution < 1.29 is 19.1 Å². The SMILES string of the molecule is CCCOc1ccc(C2C3C(NNC3c3cc(C)ccc3O)C(=O)N2Cc2ccco2)cc1. The zero-order valence-corrected chi connectivity index (χ0v) is 18.8. The van der Waals surface area contributed by atoms with Gasteiger partial charge in [-0.25, -0.2) is 10.9 Å². The van der Waals surface area contributed by atoms with Crippen molar-refractivity contribution in [1.29, 1.82) is 0 Å². The van der Waals surface area contributed by atoms with Crippen LogP contribution in [0, 0.1) is 12.8 Å². The van der Waals surface area contributed by atoms with Crippen molar-refractivity contribution in [2.24, 2.45) is 5.92 Å². The highest BCUT2D eigenvalue weighted by atomic mass is 16.5. The Hall–Kier alpha value is -3.29. The number of phenols is 1. The highest BCUT2D eigenvalue weighted by Gasteiger charge is 2.56. The van der Waals surface area contributed by atoms with Crippen molar-refractivity contribution in [3.8, 4) is 11.5 Å². The van der Waals surface area contributed by atoms with Gasteiger partial charge < -0.3 is 19.2 Å². The van der Waals surface area contributed by atoms with Gasteiger partial charge in [0.05, 0.1) is 31.5 Å². The number of aryl methyl sites for hydroxylation is 1. The van der Waals surface area contributed by atoms with Gasteiger partial charge in [0.15, 0.2) is 0 Å². The number of carbonyl (C=O) groups is 1. The molecule has 1 aromatic heterocycles. The van der Waals surface area contributed by atoms with Crippen LogP contribution in [0.4, 0.5) is 0 Å². The first-order valence-electron chi connectivity index (χ1n) is 11.4. The largest absolute Gasteiger partial charge is 0.508 e. The molecule has 3 N–H and O–H groups in total. The number of nitrogens with zero attached hydrogens (tertiary/aromatic N) is 1. The highest BCUT2D eigenvalue weighted by Crippen LogP contribution is 2.49. The minimum absolute atomic E-state index is 0.00912. The van der Waals surface area contributed by atoms with E-state index in [9.17, 15) is 9.90 Å². The molecule has 3 heterocycles. The fourth-order valence-corrected chi connectivity index (χ4v) is 5.02. The van der Waals surface area contributed by atoms with Gasteiger partial charge in [0.25, 0.3) is 0 Å². The van der Waals surface area contributed by atoms with Crippen LogP contribution in [0.3, 0.4) is 0 Å². The maximum Gasteiger partial charge on any atom is 0.242 e. The number of benzene rings is 2. The minimum Gasteiger partial charge on any atom is -0.508 e. The average molecular weight is 448 g/mol. The summed E-state index contributed by atoms with van der Waals surface area (Å²) in [6.07, 6.45) is 2.57. The molecule has 0 bridgehead atoms. The molecule has 33 heavy (non-hydrogen) atoms. The van der Waals surface area contributed by atoms with Gasteiger partial charge in [-0.3, -0.25) is 4.79 Å². The molecule has 2 saturated heterocycles. The van der Waals surface area contributed by atoms with Crippen molar-refractivity contribution in [3.05, 3.63) is 83.3 Å². The van der Waals surface area contributed by atoms with E-state index in [1.165, 1.54) is 0 Å². The standard InChI is InChI=1S/C26H29N3O4/c1-3-12-32-18-9-7-17(8-10-18)25-22-23(20-14-16(2)6-11-21(20)30)27-28-24(22)26(31)29(25)15-19-5-4-13-33-19/h4-11,13-14,22-25,27-28,30H,3,12,15H2,1-2H3. The van der Waals surface area contributed by atoms with Crippen molar-refractivity contribution >= 4 is 5.91 Å². The van der Waals surface area contributed by atoms with Crippen molar-refractivity contribution in [1.82, 2.24) is 15.8 Å². The summed E-state index contributed by atoms with van der Waals surface area (Å²) in [5.41, 5.74) is 9.35. The highest BCUT2D eigenvalue weighted by molar-refractivity contribution is 5.86. The van der Waals surface area contributed by atoms with Gasteiger partial charge in [0, 0.05) is 11.5 Å². The summed E-state index contributed by atoms with van der Waals surface area (Å²) in [6.45, 7) is 5.12. The fraction of sp³-hybridized carbons (Fsp3) is 0.346. The molecular weight excluding hydrogens is 418 g/mol. The maximum absolute atomic E-state index is 13.5. The molecule has 172 valence electrons. The second-order valence-corrected chi connectivity index (χ2v) is 8.79. The molecule has 0 aliphatic carbocycles. The van der Waals surface area contributed by atoms with E-state index in [2.05, 4.69) is 17.8 Å². The number of phenolic OH excluding ortho intramolecular Hbond substituents is 1. The van der Waals surface area contributed by atoms with E-state index in [1.807, 2.05) is 60.4 Å². The Morgan fingerprint density at radius 3 is 2.61 bits per heavy atom. The smallest absolute Gasteiger partial charge is 0.242 e. The number of nitrogens with one attached hydrogen (secondary N) is 2. The van der Waals surface area contributed by atoms with Gasteiger partial charge in [0.1, 0.15) is 23.3 Å². The number of furan rings is 1. The third kappa shape index (κ3) is 3.98. The summed E-state index contributed by atoms with van der Waals surface area (Å²) in [5.74, 6) is 1.66. The van der Waals surface area contributed by atoms with Crippen LogP contribution in [0.5, 0.6) is 11.5 Å². The number of likely N-dealkylation sites (tertiary alicyclic amines) is 1. The predicted octanol–water partition coefficient (Wildman–Crippen LogP) is 4.00. The van der Waals surface area contributed by atoms with Gasteiger partial charge in [-0.2, -0.15) is 0 Å². The molecule has 2 aliphatic rings. The number of aromatic hydroxyl groups is 1. The first-order chi connectivity index (χ1) is 16.1. The lowest BCUT2D eigenvalue weighted by Crippen LogP contribution is -2.41. The second kappa shape index (κ2) is 8.92. The molecule has 2 fully saturated rings. The summed E-state index contributed by atoms with van der Waals surface area (Å²) in [4.78, 5) is 15.4. The Labute approximate surface area is 193 Å². The van der Waals surface area contributed by atoms with Crippen LogP contribution in [-0.4, -0.2) is 28.6 Å². The van der Waals surface area contributed by atoms with Crippen LogP contribution in [-0.2, 0) is 11.3 Å². The molecule has 0 radical (unpaired) electrons. The molecule has 2 aliphatic heterocycles. The normalized spacial score (nSPS) is 24.3. The molecular formula is C26H29N3O4. The number of hydrogen-bond acceptors (Lipinski definition) is 6. The molecule has 0 spiro atoms. The van der Waals surface area contributed by atoms with Gasteiger partial charge in [0.2, 0.25) is 5.91 Å². The van der Waals surface area contributed by atoms with Crippen LogP contribution in [0.1, 0.15) is 47.9 Å². The van der Waals surface area contributed by atoms with Crippen molar-refractivity contribution in [2.45, 2.75) is 44.9 Å². The van der Waals surface area contributed by atoms with Crippen LogP contribution < -0.4 is 15.6 Å². The third-order valence-electron chi connectivity index (χ3n) is 6.53. The van der Waals surface area contributed by atoms with E-state index in [1.54, 1.807) is 12.3 Å².